The summed E-state index contributed by atoms with van der Waals surface area (Å²) >= 11 is 0. The first-order valence-corrected chi connectivity index (χ1v) is 5.87. The monoisotopic (exact) mass is 216 g/mol. The number of nitrogens with zero attached hydrogens (tertiary/aromatic N) is 2. The first-order valence-electron chi connectivity index (χ1n) is 5.87. The molecule has 0 saturated heterocycles. The molecule has 0 aliphatic carbocycles. The Morgan fingerprint density at radius 2 is 1.94 bits per heavy atom. The highest BCUT2D eigenvalue weighted by Gasteiger charge is 2.18. The smallest absolute Gasteiger partial charge is 0.137 e. The second-order valence-electron chi connectivity index (χ2n) is 5.74. The van der Waals surface area contributed by atoms with Gasteiger partial charge in [-0.15, -0.1) is 0 Å². The SMILES string of the molecule is CC(C)c1ccn2c(C(C)(C)C)cnc2c1. The summed E-state index contributed by atoms with van der Waals surface area (Å²) in [5.41, 5.74) is 3.80. The molecule has 2 nitrogen and oxygen atoms in total. The lowest BCUT2D eigenvalue weighted by Gasteiger charge is -2.18. The molecule has 0 unspecified atom stereocenters. The molecule has 16 heavy (non-hydrogen) atoms. The molecule has 0 radical (unpaired) electrons. The van der Waals surface area contributed by atoms with Crippen LogP contribution in [0.25, 0.3) is 5.65 Å². The third-order valence-electron chi connectivity index (χ3n) is 2.97. The quantitative estimate of drug-likeness (QED) is 0.709. The fourth-order valence-electron chi connectivity index (χ4n) is 1.91. The molecule has 2 heteroatoms. The number of hydrogen-bond acceptors (Lipinski definition) is 1. The molecule has 86 valence electrons. The van der Waals surface area contributed by atoms with Crippen LogP contribution in [0.15, 0.2) is 24.5 Å². The maximum Gasteiger partial charge on any atom is 0.137 e. The first-order chi connectivity index (χ1) is 7.39. The highest BCUT2D eigenvalue weighted by atomic mass is 15.0. The minimum atomic E-state index is 0.138. The van der Waals surface area contributed by atoms with E-state index in [-0.39, 0.29) is 5.41 Å². The van der Waals surface area contributed by atoms with E-state index in [4.69, 9.17) is 0 Å². The third kappa shape index (κ3) is 1.84. The minimum Gasteiger partial charge on any atom is -0.304 e. The van der Waals surface area contributed by atoms with E-state index in [1.54, 1.807) is 0 Å². The summed E-state index contributed by atoms with van der Waals surface area (Å²) in [4.78, 5) is 4.49. The highest BCUT2D eigenvalue weighted by Crippen LogP contribution is 2.24. The van der Waals surface area contributed by atoms with Gasteiger partial charge in [0.1, 0.15) is 5.65 Å². The van der Waals surface area contributed by atoms with Crippen molar-refractivity contribution in [2.75, 3.05) is 0 Å². The molecule has 2 rings (SSSR count). The Bertz CT molecular complexity index is 501. The summed E-state index contributed by atoms with van der Waals surface area (Å²) in [5, 5.41) is 0. The van der Waals surface area contributed by atoms with Gasteiger partial charge in [-0.3, -0.25) is 0 Å². The van der Waals surface area contributed by atoms with E-state index >= 15 is 0 Å². The molecule has 0 aliphatic heterocycles. The maximum absolute atomic E-state index is 4.49. The number of rotatable bonds is 1. The average molecular weight is 216 g/mol. The highest BCUT2D eigenvalue weighted by molar-refractivity contribution is 5.45. The molecule has 2 heterocycles. The summed E-state index contributed by atoms with van der Waals surface area (Å²) in [6, 6.07) is 4.37. The Morgan fingerprint density at radius 1 is 1.25 bits per heavy atom. The van der Waals surface area contributed by atoms with Gasteiger partial charge in [0.25, 0.3) is 0 Å². The van der Waals surface area contributed by atoms with Gasteiger partial charge >= 0.3 is 0 Å². The summed E-state index contributed by atoms with van der Waals surface area (Å²) in [6.45, 7) is 11.1. The van der Waals surface area contributed by atoms with Crippen LogP contribution in [0.3, 0.4) is 0 Å². The van der Waals surface area contributed by atoms with Gasteiger partial charge in [-0.2, -0.15) is 0 Å². The summed E-state index contributed by atoms with van der Waals surface area (Å²) < 4.78 is 2.19. The van der Waals surface area contributed by atoms with E-state index in [1.165, 1.54) is 11.3 Å². The molecule has 0 aliphatic rings. The Labute approximate surface area is 97.3 Å². The zero-order chi connectivity index (χ0) is 11.9. The van der Waals surface area contributed by atoms with Crippen molar-refractivity contribution in [3.05, 3.63) is 35.8 Å². The van der Waals surface area contributed by atoms with E-state index in [0.717, 1.165) is 5.65 Å². The number of pyridine rings is 1. The molecule has 0 N–H and O–H groups in total. The van der Waals surface area contributed by atoms with Crippen LogP contribution in [0.2, 0.25) is 0 Å². The van der Waals surface area contributed by atoms with E-state index in [0.29, 0.717) is 5.92 Å². The van der Waals surface area contributed by atoms with Gasteiger partial charge in [0.15, 0.2) is 0 Å². The maximum atomic E-state index is 4.49. The Hall–Kier alpha value is -1.31. The molecular formula is C14H20N2. The fraction of sp³-hybridized carbons (Fsp3) is 0.500. The Kier molecular flexibility index (Phi) is 2.53. The van der Waals surface area contributed by atoms with Crippen molar-refractivity contribution >= 4 is 5.65 Å². The van der Waals surface area contributed by atoms with Crippen molar-refractivity contribution in [1.29, 1.82) is 0 Å². The lowest BCUT2D eigenvalue weighted by Crippen LogP contribution is -2.14. The zero-order valence-electron chi connectivity index (χ0n) is 10.8. The third-order valence-corrected chi connectivity index (χ3v) is 2.97. The van der Waals surface area contributed by atoms with Crippen LogP contribution in [0.5, 0.6) is 0 Å². The minimum absolute atomic E-state index is 0.138. The van der Waals surface area contributed by atoms with Crippen LogP contribution in [0.1, 0.15) is 51.8 Å². The molecule has 0 aromatic carbocycles. The van der Waals surface area contributed by atoms with Crippen molar-refractivity contribution in [2.45, 2.75) is 46.0 Å². The van der Waals surface area contributed by atoms with Crippen LogP contribution in [0, 0.1) is 0 Å². The molecule has 0 bridgehead atoms. The zero-order valence-corrected chi connectivity index (χ0v) is 10.8. The largest absolute Gasteiger partial charge is 0.304 e. The Balaban J connectivity index is 2.59. The lowest BCUT2D eigenvalue weighted by atomic mass is 9.93. The predicted octanol–water partition coefficient (Wildman–Crippen LogP) is 3.76. The molecule has 0 fully saturated rings. The topological polar surface area (TPSA) is 17.3 Å². The van der Waals surface area contributed by atoms with Gasteiger partial charge in [0, 0.05) is 23.5 Å². The standard InChI is InChI=1S/C14H20N2/c1-10(2)11-6-7-16-12(14(3,4)5)9-15-13(16)8-11/h6-10H,1-5H3. The summed E-state index contributed by atoms with van der Waals surface area (Å²) in [5.74, 6) is 0.555. The molecule has 0 spiro atoms. The average Bonchev–Trinajstić information content (AvgIpc) is 2.58. The number of fused-ring (bicyclic) bond motifs is 1. The van der Waals surface area contributed by atoms with Crippen LogP contribution in [-0.2, 0) is 5.41 Å². The van der Waals surface area contributed by atoms with Crippen LogP contribution in [-0.4, -0.2) is 9.38 Å². The Morgan fingerprint density at radius 3 is 2.50 bits per heavy atom. The van der Waals surface area contributed by atoms with Gasteiger partial charge in [-0.05, 0) is 23.6 Å². The van der Waals surface area contributed by atoms with Crippen molar-refractivity contribution in [3.63, 3.8) is 0 Å². The van der Waals surface area contributed by atoms with Crippen molar-refractivity contribution < 1.29 is 0 Å². The molecule has 2 aromatic heterocycles. The van der Waals surface area contributed by atoms with Crippen LogP contribution >= 0.6 is 0 Å². The summed E-state index contributed by atoms with van der Waals surface area (Å²) in [7, 11) is 0. The molecular weight excluding hydrogens is 196 g/mol. The lowest BCUT2D eigenvalue weighted by molar-refractivity contribution is 0.563. The van der Waals surface area contributed by atoms with Gasteiger partial charge < -0.3 is 4.40 Å². The predicted molar refractivity (Wildman–Crippen MR) is 68.0 cm³/mol. The van der Waals surface area contributed by atoms with Crippen molar-refractivity contribution in [2.24, 2.45) is 0 Å². The molecule has 0 atom stereocenters. The number of hydrogen-bond donors (Lipinski definition) is 0. The first kappa shape index (κ1) is 11.2. The van der Waals surface area contributed by atoms with E-state index in [2.05, 4.69) is 62.3 Å². The van der Waals surface area contributed by atoms with E-state index in [9.17, 15) is 0 Å². The molecule has 2 aromatic rings. The van der Waals surface area contributed by atoms with E-state index in [1.807, 2.05) is 6.20 Å². The molecule has 0 amide bonds. The van der Waals surface area contributed by atoms with Gasteiger partial charge in [-0.25, -0.2) is 4.98 Å². The van der Waals surface area contributed by atoms with E-state index < -0.39 is 0 Å². The van der Waals surface area contributed by atoms with Crippen molar-refractivity contribution in [1.82, 2.24) is 9.38 Å². The second kappa shape index (κ2) is 3.62. The fourth-order valence-corrected chi connectivity index (χ4v) is 1.91. The second-order valence-corrected chi connectivity index (χ2v) is 5.74. The number of aromatic nitrogens is 2. The normalized spacial score (nSPS) is 12.6. The van der Waals surface area contributed by atoms with Crippen LogP contribution in [0.4, 0.5) is 0 Å². The number of imidazole rings is 1. The van der Waals surface area contributed by atoms with Gasteiger partial charge in [-0.1, -0.05) is 34.6 Å². The van der Waals surface area contributed by atoms with Crippen molar-refractivity contribution in [3.8, 4) is 0 Å². The summed E-state index contributed by atoms with van der Waals surface area (Å²) in [6.07, 6.45) is 4.12. The van der Waals surface area contributed by atoms with Crippen LogP contribution < -0.4 is 0 Å². The van der Waals surface area contributed by atoms with Gasteiger partial charge in [0.05, 0.1) is 0 Å². The molecule has 0 saturated carbocycles. The van der Waals surface area contributed by atoms with Gasteiger partial charge in [0.2, 0.25) is 0 Å².